The second-order valence-electron chi connectivity index (χ2n) is 3.88. The average molecular weight is 273 g/mol. The Hall–Kier alpha value is -0.560. The smallest absolute Gasteiger partial charge is 0.118 e. The van der Waals surface area contributed by atoms with E-state index in [1.807, 2.05) is 6.92 Å². The van der Waals surface area contributed by atoms with Gasteiger partial charge in [0.2, 0.25) is 0 Å². The van der Waals surface area contributed by atoms with Gasteiger partial charge in [-0.1, -0.05) is 0 Å². The number of rotatable bonds is 11. The van der Waals surface area contributed by atoms with Crippen molar-refractivity contribution < 1.29 is 9.47 Å². The van der Waals surface area contributed by atoms with Gasteiger partial charge < -0.3 is 14.8 Å². The summed E-state index contributed by atoms with van der Waals surface area (Å²) in [6, 6.07) is 0. The molecule has 0 aliphatic rings. The summed E-state index contributed by atoms with van der Waals surface area (Å²) in [7, 11) is 1.71. The van der Waals surface area contributed by atoms with Crippen molar-refractivity contribution in [2.45, 2.75) is 26.2 Å². The highest BCUT2D eigenvalue weighted by molar-refractivity contribution is 7.11. The van der Waals surface area contributed by atoms with Crippen LogP contribution in [0.25, 0.3) is 0 Å². The topological polar surface area (TPSA) is 56.3 Å². The maximum atomic E-state index is 5.30. The van der Waals surface area contributed by atoms with Crippen molar-refractivity contribution in [1.29, 1.82) is 0 Å². The summed E-state index contributed by atoms with van der Waals surface area (Å²) in [6.45, 7) is 6.17. The van der Waals surface area contributed by atoms with Crippen molar-refractivity contribution in [3.63, 3.8) is 0 Å². The first kappa shape index (κ1) is 15.5. The lowest BCUT2D eigenvalue weighted by Gasteiger charge is -2.00. The van der Waals surface area contributed by atoms with E-state index in [2.05, 4.69) is 15.5 Å². The fraction of sp³-hybridized carbons (Fsp3) is 0.833. The van der Waals surface area contributed by atoms with Gasteiger partial charge in [0, 0.05) is 46.3 Å². The molecule has 0 saturated heterocycles. The molecule has 1 aromatic heterocycles. The summed E-state index contributed by atoms with van der Waals surface area (Å²) in [5, 5.41) is 13.9. The summed E-state index contributed by atoms with van der Waals surface area (Å²) in [4.78, 5) is 0. The minimum absolute atomic E-state index is 0.749. The maximum absolute atomic E-state index is 5.30. The number of aryl methyl sites for hydroxylation is 1. The van der Waals surface area contributed by atoms with Crippen LogP contribution in [0.3, 0.4) is 0 Å². The van der Waals surface area contributed by atoms with Crippen LogP contribution in [0.1, 0.15) is 23.4 Å². The molecule has 5 nitrogen and oxygen atoms in total. The van der Waals surface area contributed by atoms with Crippen LogP contribution in [0.15, 0.2) is 0 Å². The Labute approximate surface area is 113 Å². The molecule has 0 unspecified atom stereocenters. The van der Waals surface area contributed by atoms with E-state index >= 15 is 0 Å². The van der Waals surface area contributed by atoms with Crippen molar-refractivity contribution in [3.8, 4) is 0 Å². The fourth-order valence-electron chi connectivity index (χ4n) is 1.45. The molecular formula is C12H23N3O2S. The number of ether oxygens (including phenoxy) is 2. The Morgan fingerprint density at radius 1 is 1.11 bits per heavy atom. The van der Waals surface area contributed by atoms with Crippen molar-refractivity contribution in [1.82, 2.24) is 15.5 Å². The van der Waals surface area contributed by atoms with Crippen LogP contribution in [0.4, 0.5) is 0 Å². The number of hydrogen-bond acceptors (Lipinski definition) is 6. The van der Waals surface area contributed by atoms with Crippen molar-refractivity contribution in [3.05, 3.63) is 10.0 Å². The van der Waals surface area contributed by atoms with Crippen LogP contribution < -0.4 is 5.32 Å². The molecule has 0 radical (unpaired) electrons. The lowest BCUT2D eigenvalue weighted by molar-refractivity contribution is 0.145. The molecule has 0 atom stereocenters. The van der Waals surface area contributed by atoms with Crippen LogP contribution in [0, 0.1) is 0 Å². The summed E-state index contributed by atoms with van der Waals surface area (Å²) in [6.07, 6.45) is 2.93. The molecule has 104 valence electrons. The number of nitrogens with one attached hydrogen (secondary N) is 1. The van der Waals surface area contributed by atoms with E-state index in [0.717, 1.165) is 62.2 Å². The van der Waals surface area contributed by atoms with Gasteiger partial charge in [-0.3, -0.25) is 0 Å². The first-order valence-corrected chi connectivity index (χ1v) is 7.27. The minimum atomic E-state index is 0.749. The zero-order valence-corrected chi connectivity index (χ0v) is 12.1. The molecule has 1 heterocycles. The molecule has 0 aromatic carbocycles. The molecule has 1 rings (SSSR count). The zero-order valence-electron chi connectivity index (χ0n) is 11.3. The van der Waals surface area contributed by atoms with Crippen LogP contribution >= 0.6 is 11.3 Å². The van der Waals surface area contributed by atoms with E-state index < -0.39 is 0 Å². The van der Waals surface area contributed by atoms with Crippen LogP contribution in [-0.4, -0.2) is 50.2 Å². The van der Waals surface area contributed by atoms with Crippen molar-refractivity contribution in [2.24, 2.45) is 0 Å². The molecule has 18 heavy (non-hydrogen) atoms. The quantitative estimate of drug-likeness (QED) is 0.616. The van der Waals surface area contributed by atoms with Crippen molar-refractivity contribution in [2.75, 3.05) is 40.0 Å². The predicted octanol–water partition coefficient (Wildman–Crippen LogP) is 1.29. The number of nitrogens with zero attached hydrogens (tertiary/aromatic N) is 2. The average Bonchev–Trinajstić information content (AvgIpc) is 2.82. The van der Waals surface area contributed by atoms with Crippen LogP contribution in [0.2, 0.25) is 0 Å². The maximum Gasteiger partial charge on any atom is 0.118 e. The van der Waals surface area contributed by atoms with Gasteiger partial charge in [-0.15, -0.1) is 21.5 Å². The summed E-state index contributed by atoms with van der Waals surface area (Å²) in [5.74, 6) is 0. The first-order valence-electron chi connectivity index (χ1n) is 6.45. The SMILES string of the molecule is CCOCCCc1nnc(CCNCCOC)s1. The molecule has 0 spiro atoms. The Kier molecular flexibility index (Phi) is 8.93. The van der Waals surface area contributed by atoms with E-state index in [0.29, 0.717) is 0 Å². The Morgan fingerprint density at radius 3 is 2.61 bits per heavy atom. The Balaban J connectivity index is 2.10. The highest BCUT2D eigenvalue weighted by Crippen LogP contribution is 2.11. The van der Waals surface area contributed by atoms with Gasteiger partial charge >= 0.3 is 0 Å². The molecular weight excluding hydrogens is 250 g/mol. The van der Waals surface area contributed by atoms with E-state index in [-0.39, 0.29) is 0 Å². The Morgan fingerprint density at radius 2 is 1.89 bits per heavy atom. The van der Waals surface area contributed by atoms with E-state index in [1.54, 1.807) is 18.4 Å². The molecule has 0 aliphatic carbocycles. The summed E-state index contributed by atoms with van der Waals surface area (Å²) < 4.78 is 10.3. The number of hydrogen-bond donors (Lipinski definition) is 1. The van der Waals surface area contributed by atoms with Gasteiger partial charge in [-0.2, -0.15) is 0 Å². The lowest BCUT2D eigenvalue weighted by Crippen LogP contribution is -2.21. The monoisotopic (exact) mass is 273 g/mol. The summed E-state index contributed by atoms with van der Waals surface area (Å²) in [5.41, 5.74) is 0. The van der Waals surface area contributed by atoms with Gasteiger partial charge in [0.05, 0.1) is 6.61 Å². The third-order valence-electron chi connectivity index (χ3n) is 2.39. The van der Waals surface area contributed by atoms with Gasteiger partial charge in [0.25, 0.3) is 0 Å². The molecule has 0 bridgehead atoms. The van der Waals surface area contributed by atoms with Gasteiger partial charge in [-0.05, 0) is 13.3 Å². The number of aromatic nitrogens is 2. The largest absolute Gasteiger partial charge is 0.383 e. The molecule has 6 heteroatoms. The van der Waals surface area contributed by atoms with Crippen molar-refractivity contribution >= 4 is 11.3 Å². The molecule has 1 N–H and O–H groups in total. The summed E-state index contributed by atoms with van der Waals surface area (Å²) >= 11 is 1.71. The normalized spacial score (nSPS) is 11.0. The zero-order chi connectivity index (χ0) is 13.1. The fourth-order valence-corrected chi connectivity index (χ4v) is 2.34. The molecule has 0 amide bonds. The first-order chi connectivity index (χ1) is 8.86. The third-order valence-corrected chi connectivity index (χ3v) is 3.43. The standard InChI is InChI=1S/C12H23N3O2S/c1-3-17-9-4-5-11-14-15-12(18-11)6-7-13-8-10-16-2/h13H,3-10H2,1-2H3. The second kappa shape index (κ2) is 10.4. The molecule has 0 saturated carbocycles. The number of methoxy groups -OCH3 is 1. The van der Waals surface area contributed by atoms with E-state index in [9.17, 15) is 0 Å². The lowest BCUT2D eigenvalue weighted by atomic mass is 10.3. The van der Waals surface area contributed by atoms with Gasteiger partial charge in [0.15, 0.2) is 0 Å². The van der Waals surface area contributed by atoms with Gasteiger partial charge in [0.1, 0.15) is 10.0 Å². The van der Waals surface area contributed by atoms with Gasteiger partial charge in [-0.25, -0.2) is 0 Å². The van der Waals surface area contributed by atoms with E-state index in [1.165, 1.54) is 0 Å². The van der Waals surface area contributed by atoms with Crippen LogP contribution in [-0.2, 0) is 22.3 Å². The molecule has 0 fully saturated rings. The highest BCUT2D eigenvalue weighted by Gasteiger charge is 2.03. The Bertz CT molecular complexity index is 307. The van der Waals surface area contributed by atoms with E-state index in [4.69, 9.17) is 9.47 Å². The molecule has 1 aromatic rings. The van der Waals surface area contributed by atoms with Crippen LogP contribution in [0.5, 0.6) is 0 Å². The second-order valence-corrected chi connectivity index (χ2v) is 5.03. The highest BCUT2D eigenvalue weighted by atomic mass is 32.1. The minimum Gasteiger partial charge on any atom is -0.383 e. The predicted molar refractivity (Wildman–Crippen MR) is 73.2 cm³/mol. The third kappa shape index (κ3) is 7.00. The molecule has 0 aliphatic heterocycles.